The lowest BCUT2D eigenvalue weighted by atomic mass is 9.81. The zero-order chi connectivity index (χ0) is 37.6. The Morgan fingerprint density at radius 3 is 2.40 bits per heavy atom. The largest absolute Gasteiger partial charge is 0.548 e. The highest BCUT2D eigenvalue weighted by Gasteiger charge is 2.43. The molecule has 0 radical (unpaired) electrons. The summed E-state index contributed by atoms with van der Waals surface area (Å²) in [5, 5.41) is 13.0. The van der Waals surface area contributed by atoms with Gasteiger partial charge in [-0.1, -0.05) is 74.9 Å². The second kappa shape index (κ2) is 16.5. The zero-order valence-electron chi connectivity index (χ0n) is 30.9. The molecule has 3 aliphatic rings. The van der Waals surface area contributed by atoms with Crippen LogP contribution in [-0.2, 0) is 30.0 Å². The standard InChI is InChI=1S/C41H51N5O5S/c1-40(2)28-16-11-13-18-31(28)44(5)34(40)20-8-6-9-21-35-41(3,4)29-17-12-14-19-32(29)45(35)24-15-7-10-22-36(47)43-23-25-46-37(48)26-33(38(46)49)52-27-30(42)39(50)51/h6,8-9,11-14,16-21,30,33H,7,10,15,22-27,42H2,1-5H3,(H-,43,47,50,51). The van der Waals surface area contributed by atoms with Crippen molar-refractivity contribution in [3.05, 3.63) is 95.7 Å². The highest BCUT2D eigenvalue weighted by molar-refractivity contribution is 8.00. The molecule has 2 aromatic rings. The van der Waals surface area contributed by atoms with Gasteiger partial charge in [-0.05, 0) is 44.4 Å². The average molecular weight is 726 g/mol. The molecule has 1 saturated heterocycles. The Bertz CT molecular complexity index is 1830. The van der Waals surface area contributed by atoms with Crippen LogP contribution in [0.1, 0.15) is 70.9 Å². The van der Waals surface area contributed by atoms with E-state index in [2.05, 4.69) is 128 Å². The van der Waals surface area contributed by atoms with Gasteiger partial charge in [0.15, 0.2) is 5.71 Å². The van der Waals surface area contributed by atoms with E-state index in [1.165, 1.54) is 33.9 Å². The number of amides is 3. The summed E-state index contributed by atoms with van der Waals surface area (Å²) in [5.41, 5.74) is 12.8. The topological polar surface area (TPSA) is 139 Å². The maximum atomic E-state index is 12.6. The number of unbranched alkanes of at least 4 members (excludes halogenated alkanes) is 2. The summed E-state index contributed by atoms with van der Waals surface area (Å²) in [6.07, 6.45) is 13.6. The number of hydrogen-bond acceptors (Lipinski definition) is 8. The number of thioether (sulfide) groups is 1. The lowest BCUT2D eigenvalue weighted by molar-refractivity contribution is -0.401. The molecule has 0 spiro atoms. The molecule has 3 heterocycles. The number of nitrogens with zero attached hydrogens (tertiary/aromatic N) is 3. The van der Waals surface area contributed by atoms with Crippen molar-refractivity contribution in [1.82, 2.24) is 10.2 Å². The van der Waals surface area contributed by atoms with E-state index in [-0.39, 0.29) is 53.8 Å². The van der Waals surface area contributed by atoms with E-state index in [0.29, 0.717) is 6.42 Å². The molecular weight excluding hydrogens is 675 g/mol. The summed E-state index contributed by atoms with van der Waals surface area (Å²) in [7, 11) is 2.13. The molecule has 10 nitrogen and oxygen atoms in total. The van der Waals surface area contributed by atoms with Crippen LogP contribution in [0.3, 0.4) is 0 Å². The van der Waals surface area contributed by atoms with Gasteiger partial charge in [0.1, 0.15) is 7.05 Å². The maximum Gasteiger partial charge on any atom is 0.242 e. The molecule has 0 bridgehead atoms. The number of allylic oxidation sites excluding steroid dienone is 6. The minimum absolute atomic E-state index is 0.00827. The second-order valence-electron chi connectivity index (χ2n) is 14.7. The minimum atomic E-state index is -1.40. The molecule has 3 amide bonds. The monoisotopic (exact) mass is 725 g/mol. The lowest BCUT2D eigenvalue weighted by Gasteiger charge is -2.27. The van der Waals surface area contributed by atoms with Gasteiger partial charge < -0.3 is 25.9 Å². The molecule has 0 aromatic heterocycles. The van der Waals surface area contributed by atoms with Crippen molar-refractivity contribution in [2.75, 3.05) is 37.3 Å². The average Bonchev–Trinajstić information content (AvgIpc) is 3.59. The van der Waals surface area contributed by atoms with E-state index in [1.54, 1.807) is 0 Å². The molecule has 2 aromatic carbocycles. The number of para-hydroxylation sites is 2. The molecule has 52 heavy (non-hydrogen) atoms. The zero-order valence-corrected chi connectivity index (χ0v) is 31.7. The number of benzene rings is 2. The van der Waals surface area contributed by atoms with Crippen LogP contribution in [0.15, 0.2) is 84.6 Å². The Morgan fingerprint density at radius 2 is 1.67 bits per heavy atom. The van der Waals surface area contributed by atoms with Crippen LogP contribution in [0.5, 0.6) is 0 Å². The molecule has 1 fully saturated rings. The first-order valence-corrected chi connectivity index (χ1v) is 19.1. The van der Waals surface area contributed by atoms with Crippen LogP contribution < -0.4 is 21.1 Å². The van der Waals surface area contributed by atoms with Gasteiger partial charge in [0.05, 0.1) is 22.7 Å². The first-order chi connectivity index (χ1) is 24.7. The van der Waals surface area contributed by atoms with Crippen molar-refractivity contribution < 1.29 is 28.9 Å². The van der Waals surface area contributed by atoms with Gasteiger partial charge in [0.2, 0.25) is 23.4 Å². The van der Waals surface area contributed by atoms with E-state index in [4.69, 9.17) is 5.73 Å². The summed E-state index contributed by atoms with van der Waals surface area (Å²) < 4.78 is 2.28. The van der Waals surface area contributed by atoms with Crippen LogP contribution in [-0.4, -0.2) is 82.6 Å². The van der Waals surface area contributed by atoms with Crippen molar-refractivity contribution in [3.63, 3.8) is 0 Å². The number of carboxylic acid groups (broad SMARTS) is 1. The number of carbonyl (C=O) groups excluding carboxylic acids is 4. The predicted octanol–water partition coefficient (Wildman–Crippen LogP) is 4.10. The molecule has 2 atom stereocenters. The van der Waals surface area contributed by atoms with E-state index in [1.807, 2.05) is 0 Å². The van der Waals surface area contributed by atoms with E-state index in [9.17, 15) is 24.3 Å². The van der Waals surface area contributed by atoms with Crippen molar-refractivity contribution >= 4 is 52.5 Å². The number of nitrogens with two attached hydrogens (primary N) is 1. The molecule has 11 heteroatoms. The third-order valence-electron chi connectivity index (χ3n) is 10.4. The van der Waals surface area contributed by atoms with Gasteiger partial charge in [-0.25, -0.2) is 0 Å². The maximum absolute atomic E-state index is 12.6. The van der Waals surface area contributed by atoms with Gasteiger partial charge in [-0.3, -0.25) is 19.3 Å². The van der Waals surface area contributed by atoms with Crippen molar-refractivity contribution in [2.45, 2.75) is 81.9 Å². The van der Waals surface area contributed by atoms with Crippen LogP contribution in [0, 0.1) is 0 Å². The number of rotatable bonds is 16. The third-order valence-corrected chi connectivity index (χ3v) is 11.7. The van der Waals surface area contributed by atoms with E-state index < -0.39 is 17.3 Å². The fourth-order valence-corrected chi connectivity index (χ4v) is 8.58. The number of anilines is 1. The predicted molar refractivity (Wildman–Crippen MR) is 206 cm³/mol. The second-order valence-corrected chi connectivity index (χ2v) is 15.9. The van der Waals surface area contributed by atoms with Crippen molar-refractivity contribution in [1.29, 1.82) is 0 Å². The van der Waals surface area contributed by atoms with Gasteiger partial charge >= 0.3 is 0 Å². The van der Waals surface area contributed by atoms with Crippen LogP contribution in [0.25, 0.3) is 0 Å². The van der Waals surface area contributed by atoms with Crippen LogP contribution in [0.2, 0.25) is 0 Å². The van der Waals surface area contributed by atoms with Gasteiger partial charge in [0.25, 0.3) is 0 Å². The Labute approximate surface area is 311 Å². The Hall–Kier alpha value is -4.48. The number of fused-ring (bicyclic) bond motifs is 2. The van der Waals surface area contributed by atoms with Gasteiger partial charge in [-0.15, -0.1) is 11.8 Å². The number of likely N-dealkylation sites (tertiary alicyclic amines) is 1. The number of carboxylic acids is 1. The normalized spacial score (nSPS) is 20.4. The molecule has 5 rings (SSSR count). The summed E-state index contributed by atoms with van der Waals surface area (Å²) in [6, 6.07) is 15.9. The Balaban J connectivity index is 1.10. The molecule has 2 unspecified atom stereocenters. The number of imide groups is 1. The lowest BCUT2D eigenvalue weighted by Crippen LogP contribution is -2.44. The number of aliphatic carboxylic acids is 1. The van der Waals surface area contributed by atoms with Crippen LogP contribution in [0.4, 0.5) is 11.4 Å². The van der Waals surface area contributed by atoms with Crippen LogP contribution >= 0.6 is 11.8 Å². The Kier molecular flexibility index (Phi) is 12.3. The number of nitrogens with one attached hydrogen (secondary N) is 1. The van der Waals surface area contributed by atoms with Gasteiger partial charge in [0, 0.05) is 72.7 Å². The third kappa shape index (κ3) is 8.26. The van der Waals surface area contributed by atoms with Crippen molar-refractivity contribution in [3.8, 4) is 0 Å². The highest BCUT2D eigenvalue weighted by atomic mass is 32.2. The number of carbonyl (C=O) groups is 4. The van der Waals surface area contributed by atoms with E-state index >= 15 is 0 Å². The minimum Gasteiger partial charge on any atom is -0.548 e. The fraction of sp³-hybridized carbons (Fsp3) is 0.439. The number of hydrogen-bond donors (Lipinski definition) is 2. The summed E-state index contributed by atoms with van der Waals surface area (Å²) >= 11 is 1.04. The molecule has 3 aliphatic heterocycles. The Morgan fingerprint density at radius 1 is 0.962 bits per heavy atom. The first kappa shape index (κ1) is 38.7. The summed E-state index contributed by atoms with van der Waals surface area (Å²) in [5.74, 6) is -2.25. The van der Waals surface area contributed by atoms with Crippen molar-refractivity contribution in [2.24, 2.45) is 5.73 Å². The molecular formula is C41H51N5O5S. The highest BCUT2D eigenvalue weighted by Crippen LogP contribution is 2.47. The molecule has 276 valence electrons. The first-order valence-electron chi connectivity index (χ1n) is 18.1. The van der Waals surface area contributed by atoms with Gasteiger partial charge in [-0.2, -0.15) is 4.58 Å². The van der Waals surface area contributed by atoms with E-state index in [0.717, 1.165) is 42.5 Å². The quantitative estimate of drug-likeness (QED) is 0.114. The summed E-state index contributed by atoms with van der Waals surface area (Å²) in [4.78, 5) is 51.9. The SMILES string of the molecule is C[N+]1=C(C=CC=CC=C2N(CCCCCC(=O)NCCN3C(=O)CC(SCC(N)C(=O)[O-])C3=O)c3ccccc3C2(C)C)C(C)(C)c2ccccc21. The molecule has 0 aliphatic carbocycles. The smallest absolute Gasteiger partial charge is 0.242 e. The molecule has 0 saturated carbocycles. The fourth-order valence-electron chi connectivity index (χ4n) is 7.47. The molecule has 3 N–H and O–H groups in total. The summed E-state index contributed by atoms with van der Waals surface area (Å²) in [6.45, 7) is 10.2.